The topological polar surface area (TPSA) is 87.1 Å². The molecule has 3 N–H and O–H groups in total. The van der Waals surface area contributed by atoms with E-state index in [9.17, 15) is 9.59 Å². The van der Waals surface area contributed by atoms with Gasteiger partial charge in [0.2, 0.25) is 0 Å². The van der Waals surface area contributed by atoms with E-state index in [-0.39, 0.29) is 24.2 Å². The number of hydrogen-bond donors (Lipinski definition) is 3. The van der Waals surface area contributed by atoms with Crippen LogP contribution >= 0.6 is 0 Å². The first-order valence-corrected chi connectivity index (χ1v) is 7.72. The molecule has 2 aromatic heterocycles. The van der Waals surface area contributed by atoms with Crippen LogP contribution in [0.5, 0.6) is 0 Å². The second-order valence-corrected chi connectivity index (χ2v) is 5.79. The first kappa shape index (κ1) is 16.9. The molecule has 0 aromatic carbocycles. The van der Waals surface area contributed by atoms with Crippen molar-refractivity contribution in [3.8, 4) is 0 Å². The summed E-state index contributed by atoms with van der Waals surface area (Å²) in [5.74, 6) is 0.904. The number of furan rings is 1. The van der Waals surface area contributed by atoms with Gasteiger partial charge < -0.3 is 20.0 Å². The summed E-state index contributed by atoms with van der Waals surface area (Å²) in [6.45, 7) is 5.84. The van der Waals surface area contributed by atoms with Gasteiger partial charge in [-0.1, -0.05) is 0 Å². The Kier molecular flexibility index (Phi) is 5.62. The number of H-pyrrole nitrogens is 1. The summed E-state index contributed by atoms with van der Waals surface area (Å²) in [6.07, 6.45) is 3.19. The van der Waals surface area contributed by atoms with Gasteiger partial charge in [-0.15, -0.1) is 0 Å². The maximum absolute atomic E-state index is 11.9. The van der Waals surface area contributed by atoms with Crippen molar-refractivity contribution in [1.82, 2.24) is 15.6 Å². The lowest BCUT2D eigenvalue weighted by molar-refractivity contribution is 0.236. The summed E-state index contributed by atoms with van der Waals surface area (Å²) < 4.78 is 5.26. The number of amides is 2. The third-order valence-electron chi connectivity index (χ3n) is 3.70. The normalized spacial score (nSPS) is 12.0. The molecule has 0 aliphatic heterocycles. The van der Waals surface area contributed by atoms with Gasteiger partial charge in [0.15, 0.2) is 0 Å². The molecule has 6 heteroatoms. The van der Waals surface area contributed by atoms with Crippen LogP contribution in [0.3, 0.4) is 0 Å². The minimum absolute atomic E-state index is 0.0116. The van der Waals surface area contributed by atoms with Crippen LogP contribution < -0.4 is 16.2 Å². The minimum atomic E-state index is -0.281. The lowest BCUT2D eigenvalue weighted by Gasteiger charge is -2.14. The molecule has 2 amide bonds. The van der Waals surface area contributed by atoms with Crippen LogP contribution in [0, 0.1) is 13.8 Å². The van der Waals surface area contributed by atoms with Gasteiger partial charge in [-0.05, 0) is 51.0 Å². The van der Waals surface area contributed by atoms with Crippen LogP contribution in [0.15, 0.2) is 33.7 Å². The Morgan fingerprint density at radius 3 is 2.83 bits per heavy atom. The molecular weight excluding hydrogens is 294 g/mol. The molecule has 1 atom stereocenters. The molecule has 6 nitrogen and oxygen atoms in total. The highest BCUT2D eigenvalue weighted by Gasteiger charge is 2.10. The van der Waals surface area contributed by atoms with Gasteiger partial charge in [-0.25, -0.2) is 4.79 Å². The Bertz CT molecular complexity index is 704. The van der Waals surface area contributed by atoms with Crippen LogP contribution in [0.2, 0.25) is 0 Å². The molecule has 0 fully saturated rings. The third kappa shape index (κ3) is 5.02. The third-order valence-corrected chi connectivity index (χ3v) is 3.70. The number of carbonyl (C=O) groups is 1. The summed E-state index contributed by atoms with van der Waals surface area (Å²) in [7, 11) is 0. The average molecular weight is 317 g/mol. The Morgan fingerprint density at radius 2 is 2.17 bits per heavy atom. The highest BCUT2D eigenvalue weighted by Crippen LogP contribution is 2.06. The molecule has 2 heterocycles. The minimum Gasteiger partial charge on any atom is -0.469 e. The van der Waals surface area contributed by atoms with Crippen LogP contribution in [0.1, 0.15) is 35.9 Å². The SMILES string of the molecule is Cc1cc(C)c(CNC(=O)N[C@@H](C)CCc2ccco2)c(=O)[nH]1. The molecule has 0 saturated heterocycles. The number of aromatic amines is 1. The van der Waals surface area contributed by atoms with Crippen LogP contribution in [-0.4, -0.2) is 17.1 Å². The van der Waals surface area contributed by atoms with E-state index in [1.54, 1.807) is 6.26 Å². The van der Waals surface area contributed by atoms with E-state index in [4.69, 9.17) is 4.42 Å². The van der Waals surface area contributed by atoms with Crippen molar-refractivity contribution in [2.45, 2.75) is 46.2 Å². The predicted molar refractivity (Wildman–Crippen MR) is 88.4 cm³/mol. The number of carbonyl (C=O) groups excluding carboxylic acids is 1. The summed E-state index contributed by atoms with van der Waals surface area (Å²) in [5, 5.41) is 5.59. The van der Waals surface area contributed by atoms with Gasteiger partial charge in [0, 0.05) is 23.7 Å². The van der Waals surface area contributed by atoms with Crippen LogP contribution in [-0.2, 0) is 13.0 Å². The van der Waals surface area contributed by atoms with Crippen molar-refractivity contribution in [1.29, 1.82) is 0 Å². The number of nitrogens with one attached hydrogen (secondary N) is 3. The molecule has 0 radical (unpaired) electrons. The van der Waals surface area contributed by atoms with E-state index >= 15 is 0 Å². The lowest BCUT2D eigenvalue weighted by atomic mass is 10.1. The molecule has 0 aliphatic rings. The maximum atomic E-state index is 11.9. The smallest absolute Gasteiger partial charge is 0.315 e. The second-order valence-electron chi connectivity index (χ2n) is 5.79. The summed E-state index contributed by atoms with van der Waals surface area (Å²) >= 11 is 0. The summed E-state index contributed by atoms with van der Waals surface area (Å²) in [6, 6.07) is 5.39. The molecule has 2 aromatic rings. The van der Waals surface area contributed by atoms with Crippen LogP contribution in [0.25, 0.3) is 0 Å². The molecule has 0 saturated carbocycles. The fourth-order valence-corrected chi connectivity index (χ4v) is 2.43. The number of urea groups is 1. The van der Waals surface area contributed by atoms with Gasteiger partial charge in [0.25, 0.3) is 5.56 Å². The highest BCUT2D eigenvalue weighted by atomic mass is 16.3. The quantitative estimate of drug-likeness (QED) is 0.764. The van der Waals surface area contributed by atoms with Gasteiger partial charge in [-0.3, -0.25) is 4.79 Å². The Balaban J connectivity index is 1.80. The van der Waals surface area contributed by atoms with Crippen molar-refractivity contribution >= 4 is 6.03 Å². The first-order valence-electron chi connectivity index (χ1n) is 7.72. The fraction of sp³-hybridized carbons (Fsp3) is 0.412. The van der Waals surface area contributed by atoms with Gasteiger partial charge in [-0.2, -0.15) is 0 Å². The second kappa shape index (κ2) is 7.67. The van der Waals surface area contributed by atoms with Gasteiger partial charge >= 0.3 is 6.03 Å². The molecule has 0 spiro atoms. The number of rotatable bonds is 6. The molecule has 0 bridgehead atoms. The molecule has 0 aliphatic carbocycles. The van der Waals surface area contributed by atoms with Crippen molar-refractivity contribution in [2.24, 2.45) is 0 Å². The van der Waals surface area contributed by atoms with E-state index in [1.807, 2.05) is 39.0 Å². The summed E-state index contributed by atoms with van der Waals surface area (Å²) in [4.78, 5) is 26.6. The van der Waals surface area contributed by atoms with Gasteiger partial charge in [0.05, 0.1) is 12.8 Å². The lowest BCUT2D eigenvalue weighted by Crippen LogP contribution is -2.41. The van der Waals surface area contributed by atoms with E-state index < -0.39 is 0 Å². The van der Waals surface area contributed by atoms with E-state index in [0.29, 0.717) is 5.56 Å². The average Bonchev–Trinajstić information content (AvgIpc) is 2.97. The molecule has 23 heavy (non-hydrogen) atoms. The Hall–Kier alpha value is -2.50. The summed E-state index contributed by atoms with van der Waals surface area (Å²) in [5.41, 5.74) is 2.10. The molecule has 2 rings (SSSR count). The predicted octanol–water partition coefficient (Wildman–Crippen LogP) is 2.41. The first-order chi connectivity index (χ1) is 11.0. The standard InChI is InChI=1S/C17H23N3O3/c1-11-9-13(3)19-16(21)15(11)10-18-17(22)20-12(2)6-7-14-5-4-8-23-14/h4-5,8-9,12H,6-7,10H2,1-3H3,(H,19,21)(H2,18,20,22)/t12-/m0/s1. The number of pyridine rings is 1. The zero-order valence-electron chi connectivity index (χ0n) is 13.7. The number of aromatic nitrogens is 1. The maximum Gasteiger partial charge on any atom is 0.315 e. The van der Waals surface area contributed by atoms with Crippen molar-refractivity contribution < 1.29 is 9.21 Å². The number of aryl methyl sites for hydroxylation is 3. The molecule has 0 unspecified atom stereocenters. The zero-order valence-corrected chi connectivity index (χ0v) is 13.7. The van der Waals surface area contributed by atoms with Crippen molar-refractivity contribution in [3.63, 3.8) is 0 Å². The molecular formula is C17H23N3O3. The van der Waals surface area contributed by atoms with Crippen molar-refractivity contribution in [3.05, 3.63) is 57.4 Å². The largest absolute Gasteiger partial charge is 0.469 e. The van der Waals surface area contributed by atoms with Crippen molar-refractivity contribution in [2.75, 3.05) is 0 Å². The van der Waals surface area contributed by atoms with E-state index in [0.717, 1.165) is 29.9 Å². The highest BCUT2D eigenvalue weighted by molar-refractivity contribution is 5.74. The van der Waals surface area contributed by atoms with E-state index in [2.05, 4.69) is 15.6 Å². The van der Waals surface area contributed by atoms with Gasteiger partial charge in [0.1, 0.15) is 5.76 Å². The zero-order chi connectivity index (χ0) is 16.8. The number of hydrogen-bond acceptors (Lipinski definition) is 3. The van der Waals surface area contributed by atoms with E-state index in [1.165, 1.54) is 0 Å². The van der Waals surface area contributed by atoms with Crippen LogP contribution in [0.4, 0.5) is 4.79 Å². The Morgan fingerprint density at radius 1 is 1.39 bits per heavy atom. The fourth-order valence-electron chi connectivity index (χ4n) is 2.43. The monoisotopic (exact) mass is 317 g/mol. The Labute approximate surface area is 135 Å². The molecule has 124 valence electrons.